The van der Waals surface area contributed by atoms with Gasteiger partial charge in [-0.15, -0.1) is 0 Å². The van der Waals surface area contributed by atoms with Crippen molar-refractivity contribution < 1.29 is 23.5 Å². The number of ether oxygens (including phenoxy) is 1. The van der Waals surface area contributed by atoms with Crippen LogP contribution in [0.3, 0.4) is 0 Å². The zero-order valence-electron chi connectivity index (χ0n) is 15.5. The average Bonchev–Trinajstić information content (AvgIpc) is 3.14. The summed E-state index contributed by atoms with van der Waals surface area (Å²) in [5.74, 6) is -1.19. The minimum Gasteiger partial charge on any atom is -0.469 e. The number of nitrogens with zero attached hydrogens (tertiary/aromatic N) is 1. The standard InChI is InChI=1S/C21H21FN2O4/c1-28-20(26)13-18(14-4-8-16(22)9-5-14)23-21(27)15-6-10-17(11-7-15)24-12-2-3-19(24)25/h4-11,18H,2-3,12-13H2,1H3,(H,23,27). The van der Waals surface area contributed by atoms with E-state index < -0.39 is 17.8 Å². The van der Waals surface area contributed by atoms with E-state index in [4.69, 9.17) is 4.74 Å². The van der Waals surface area contributed by atoms with Crippen LogP contribution in [0.1, 0.15) is 41.2 Å². The first-order valence-corrected chi connectivity index (χ1v) is 9.01. The zero-order valence-corrected chi connectivity index (χ0v) is 15.5. The highest BCUT2D eigenvalue weighted by Crippen LogP contribution is 2.23. The highest BCUT2D eigenvalue weighted by atomic mass is 19.1. The van der Waals surface area contributed by atoms with Crippen LogP contribution in [0.5, 0.6) is 0 Å². The highest BCUT2D eigenvalue weighted by Gasteiger charge is 2.23. The molecule has 1 atom stereocenters. The van der Waals surface area contributed by atoms with Crippen LogP contribution < -0.4 is 10.2 Å². The van der Waals surface area contributed by atoms with Crippen molar-refractivity contribution in [1.82, 2.24) is 5.32 Å². The number of anilines is 1. The molecule has 1 heterocycles. The van der Waals surface area contributed by atoms with Gasteiger partial charge < -0.3 is 15.0 Å². The second-order valence-corrected chi connectivity index (χ2v) is 6.55. The molecule has 0 radical (unpaired) electrons. The van der Waals surface area contributed by atoms with Gasteiger partial charge in [0.1, 0.15) is 5.82 Å². The third kappa shape index (κ3) is 4.54. The topological polar surface area (TPSA) is 75.7 Å². The zero-order chi connectivity index (χ0) is 20.1. The molecule has 1 aliphatic heterocycles. The van der Waals surface area contributed by atoms with E-state index in [2.05, 4.69) is 5.32 Å². The van der Waals surface area contributed by atoms with Gasteiger partial charge in [0, 0.05) is 24.2 Å². The molecule has 2 amide bonds. The molecule has 6 nitrogen and oxygen atoms in total. The minimum absolute atomic E-state index is 0.0752. The van der Waals surface area contributed by atoms with E-state index >= 15 is 0 Å². The van der Waals surface area contributed by atoms with Crippen molar-refractivity contribution in [3.63, 3.8) is 0 Å². The fourth-order valence-corrected chi connectivity index (χ4v) is 3.15. The predicted octanol–water partition coefficient (Wildman–Crippen LogP) is 2.99. The third-order valence-electron chi connectivity index (χ3n) is 4.69. The first-order valence-electron chi connectivity index (χ1n) is 9.01. The molecule has 1 unspecified atom stereocenters. The first kappa shape index (κ1) is 19.5. The molecule has 0 aliphatic carbocycles. The van der Waals surface area contributed by atoms with E-state index in [1.807, 2.05) is 0 Å². The quantitative estimate of drug-likeness (QED) is 0.777. The van der Waals surface area contributed by atoms with E-state index in [1.165, 1.54) is 31.4 Å². The summed E-state index contributed by atoms with van der Waals surface area (Å²) in [5, 5.41) is 2.79. The van der Waals surface area contributed by atoms with Crippen molar-refractivity contribution in [2.24, 2.45) is 0 Å². The van der Waals surface area contributed by atoms with Crippen molar-refractivity contribution in [3.8, 4) is 0 Å². The molecule has 0 saturated carbocycles. The van der Waals surface area contributed by atoms with Crippen LogP contribution in [-0.4, -0.2) is 31.4 Å². The van der Waals surface area contributed by atoms with Crippen molar-refractivity contribution in [1.29, 1.82) is 0 Å². The van der Waals surface area contributed by atoms with Gasteiger partial charge in [-0.25, -0.2) is 4.39 Å². The summed E-state index contributed by atoms with van der Waals surface area (Å²) >= 11 is 0. The number of methoxy groups -OCH3 is 1. The van der Waals surface area contributed by atoms with E-state index in [0.29, 0.717) is 24.1 Å². The van der Waals surface area contributed by atoms with E-state index in [1.54, 1.807) is 29.2 Å². The average molecular weight is 384 g/mol. The van der Waals surface area contributed by atoms with Gasteiger partial charge in [0.05, 0.1) is 19.6 Å². The van der Waals surface area contributed by atoms with Crippen LogP contribution in [0.15, 0.2) is 48.5 Å². The molecule has 146 valence electrons. The maximum absolute atomic E-state index is 13.2. The fraction of sp³-hybridized carbons (Fsp3) is 0.286. The van der Waals surface area contributed by atoms with E-state index in [-0.39, 0.29) is 18.2 Å². The minimum atomic E-state index is -0.652. The second-order valence-electron chi connectivity index (χ2n) is 6.55. The van der Waals surface area contributed by atoms with Crippen LogP contribution in [-0.2, 0) is 14.3 Å². The van der Waals surface area contributed by atoms with Crippen LogP contribution in [0.4, 0.5) is 10.1 Å². The number of nitrogens with one attached hydrogen (secondary N) is 1. The summed E-state index contributed by atoms with van der Waals surface area (Å²) < 4.78 is 17.9. The molecule has 7 heteroatoms. The molecule has 1 N–H and O–H groups in total. The molecule has 1 aliphatic rings. The maximum atomic E-state index is 13.2. The predicted molar refractivity (Wildman–Crippen MR) is 101 cm³/mol. The SMILES string of the molecule is COC(=O)CC(NC(=O)c1ccc(N2CCCC2=O)cc1)c1ccc(F)cc1. The lowest BCUT2D eigenvalue weighted by atomic mass is 10.0. The molecule has 2 aromatic rings. The summed E-state index contributed by atoms with van der Waals surface area (Å²) in [4.78, 5) is 37.9. The normalized spacial score (nSPS) is 14.6. The Morgan fingerprint density at radius 3 is 2.39 bits per heavy atom. The summed E-state index contributed by atoms with van der Waals surface area (Å²) in [6.07, 6.45) is 1.29. The molecule has 2 aromatic carbocycles. The fourth-order valence-electron chi connectivity index (χ4n) is 3.15. The number of rotatable bonds is 6. The smallest absolute Gasteiger partial charge is 0.307 e. The van der Waals surface area contributed by atoms with Gasteiger partial charge in [-0.05, 0) is 48.4 Å². The van der Waals surface area contributed by atoms with Crippen molar-refractivity contribution >= 4 is 23.5 Å². The number of halogens is 1. The molecular formula is C21H21FN2O4. The molecule has 1 saturated heterocycles. The second kappa shape index (κ2) is 8.65. The van der Waals surface area contributed by atoms with Gasteiger partial charge in [0.15, 0.2) is 0 Å². The Morgan fingerprint density at radius 2 is 1.82 bits per heavy atom. The molecule has 1 fully saturated rings. The Bertz CT molecular complexity index is 865. The number of carbonyl (C=O) groups excluding carboxylic acids is 3. The Balaban J connectivity index is 1.74. The highest BCUT2D eigenvalue weighted by molar-refractivity contribution is 5.97. The molecular weight excluding hydrogens is 363 g/mol. The molecule has 0 spiro atoms. The van der Waals surface area contributed by atoms with Crippen LogP contribution in [0, 0.1) is 5.82 Å². The lowest BCUT2D eigenvalue weighted by Crippen LogP contribution is -2.30. The van der Waals surface area contributed by atoms with Crippen LogP contribution in [0.2, 0.25) is 0 Å². The Labute approximate surface area is 162 Å². The van der Waals surface area contributed by atoms with Gasteiger partial charge in [-0.3, -0.25) is 14.4 Å². The maximum Gasteiger partial charge on any atom is 0.307 e. The van der Waals surface area contributed by atoms with Crippen LogP contribution >= 0.6 is 0 Å². The molecule has 0 aromatic heterocycles. The van der Waals surface area contributed by atoms with Gasteiger partial charge in [-0.2, -0.15) is 0 Å². The van der Waals surface area contributed by atoms with Crippen molar-refractivity contribution in [3.05, 3.63) is 65.5 Å². The molecule has 28 heavy (non-hydrogen) atoms. The van der Waals surface area contributed by atoms with Gasteiger partial charge in [-0.1, -0.05) is 12.1 Å². The largest absolute Gasteiger partial charge is 0.469 e. The third-order valence-corrected chi connectivity index (χ3v) is 4.69. The number of benzene rings is 2. The number of hydrogen-bond acceptors (Lipinski definition) is 4. The summed E-state index contributed by atoms with van der Waals surface area (Å²) in [6.45, 7) is 0.677. The number of amides is 2. The molecule has 3 rings (SSSR count). The summed E-state index contributed by atoms with van der Waals surface area (Å²) in [6, 6.07) is 11.7. The molecule has 0 bridgehead atoms. The lowest BCUT2D eigenvalue weighted by molar-refractivity contribution is -0.141. The first-order chi connectivity index (χ1) is 13.5. The van der Waals surface area contributed by atoms with E-state index in [9.17, 15) is 18.8 Å². The van der Waals surface area contributed by atoms with Gasteiger partial charge >= 0.3 is 5.97 Å². The lowest BCUT2D eigenvalue weighted by Gasteiger charge is -2.19. The van der Waals surface area contributed by atoms with Gasteiger partial charge in [0.2, 0.25) is 5.91 Å². The Morgan fingerprint density at radius 1 is 1.14 bits per heavy atom. The number of esters is 1. The summed E-state index contributed by atoms with van der Waals surface area (Å²) in [7, 11) is 1.27. The Kier molecular flexibility index (Phi) is 6.03. The van der Waals surface area contributed by atoms with Crippen molar-refractivity contribution in [2.75, 3.05) is 18.6 Å². The van der Waals surface area contributed by atoms with Crippen LogP contribution in [0.25, 0.3) is 0 Å². The summed E-state index contributed by atoms with van der Waals surface area (Å²) in [5.41, 5.74) is 1.75. The van der Waals surface area contributed by atoms with E-state index in [0.717, 1.165) is 12.1 Å². The van der Waals surface area contributed by atoms with Crippen molar-refractivity contribution in [2.45, 2.75) is 25.3 Å². The Hall–Kier alpha value is -3.22. The van der Waals surface area contributed by atoms with Gasteiger partial charge in [0.25, 0.3) is 5.91 Å². The number of carbonyl (C=O) groups is 3. The monoisotopic (exact) mass is 384 g/mol. The number of hydrogen-bond donors (Lipinski definition) is 1.